The fraction of sp³-hybridized carbons (Fsp3) is 0.222. The van der Waals surface area contributed by atoms with Crippen molar-refractivity contribution in [3.8, 4) is 28.4 Å². The summed E-state index contributed by atoms with van der Waals surface area (Å²) < 4.78 is 17.1. The maximum atomic E-state index is 12.5. The zero-order valence-corrected chi connectivity index (χ0v) is 18.0. The van der Waals surface area contributed by atoms with Crippen molar-refractivity contribution < 1.29 is 19.0 Å². The van der Waals surface area contributed by atoms with E-state index in [0.717, 1.165) is 29.5 Å². The van der Waals surface area contributed by atoms with Gasteiger partial charge in [-0.15, -0.1) is 0 Å². The summed E-state index contributed by atoms with van der Waals surface area (Å²) in [6.45, 7) is 5.24. The molecule has 3 aromatic carbocycles. The quantitative estimate of drug-likeness (QED) is 0.163. The van der Waals surface area contributed by atoms with Crippen LogP contribution in [0.4, 0.5) is 0 Å². The van der Waals surface area contributed by atoms with Crippen molar-refractivity contribution in [2.45, 2.75) is 26.7 Å². The Morgan fingerprint density at radius 2 is 1.61 bits per heavy atom. The van der Waals surface area contributed by atoms with Gasteiger partial charge in [0.25, 0.3) is 0 Å². The van der Waals surface area contributed by atoms with Gasteiger partial charge in [0.1, 0.15) is 5.75 Å². The molecule has 4 heteroatoms. The highest BCUT2D eigenvalue weighted by molar-refractivity contribution is 5.90. The Hall–Kier alpha value is -3.53. The summed E-state index contributed by atoms with van der Waals surface area (Å²) in [5, 5.41) is 0. The van der Waals surface area contributed by atoms with Crippen LogP contribution in [0.25, 0.3) is 17.2 Å². The van der Waals surface area contributed by atoms with Gasteiger partial charge in [-0.3, -0.25) is 0 Å². The third-order valence-corrected chi connectivity index (χ3v) is 4.62. The molecule has 0 aliphatic carbocycles. The SMILES string of the molecule is CCCCOc1ccc(/C=C/C(=O)Oc2ccccc2-c2ccccc2)cc1OCC. The van der Waals surface area contributed by atoms with E-state index < -0.39 is 5.97 Å². The Kier molecular flexibility index (Phi) is 8.29. The molecule has 0 fully saturated rings. The van der Waals surface area contributed by atoms with Crippen LogP contribution >= 0.6 is 0 Å². The number of esters is 1. The molecule has 0 radical (unpaired) electrons. The van der Waals surface area contributed by atoms with Crippen molar-refractivity contribution in [2.24, 2.45) is 0 Å². The Labute approximate surface area is 184 Å². The van der Waals surface area contributed by atoms with Gasteiger partial charge in [-0.25, -0.2) is 4.79 Å². The second-order valence-electron chi connectivity index (χ2n) is 6.96. The number of benzene rings is 3. The van der Waals surface area contributed by atoms with E-state index in [4.69, 9.17) is 14.2 Å². The molecule has 3 aromatic rings. The third kappa shape index (κ3) is 6.48. The zero-order chi connectivity index (χ0) is 21.9. The highest BCUT2D eigenvalue weighted by atomic mass is 16.5. The van der Waals surface area contributed by atoms with Gasteiger partial charge in [0.15, 0.2) is 11.5 Å². The van der Waals surface area contributed by atoms with Gasteiger partial charge in [0.2, 0.25) is 0 Å². The van der Waals surface area contributed by atoms with Gasteiger partial charge in [-0.05, 0) is 48.7 Å². The Bertz CT molecular complexity index is 1010. The molecule has 31 heavy (non-hydrogen) atoms. The molecule has 3 rings (SSSR count). The monoisotopic (exact) mass is 416 g/mol. The molecule has 160 valence electrons. The first-order valence-corrected chi connectivity index (χ1v) is 10.6. The first kappa shape index (κ1) is 22.2. The Morgan fingerprint density at radius 3 is 2.39 bits per heavy atom. The fourth-order valence-electron chi connectivity index (χ4n) is 3.06. The molecule has 0 heterocycles. The van der Waals surface area contributed by atoms with E-state index >= 15 is 0 Å². The van der Waals surface area contributed by atoms with Crippen LogP contribution in [0, 0.1) is 0 Å². The summed E-state index contributed by atoms with van der Waals surface area (Å²) in [5.74, 6) is 1.47. The van der Waals surface area contributed by atoms with Crippen LogP contribution in [0.5, 0.6) is 17.2 Å². The van der Waals surface area contributed by atoms with Crippen molar-refractivity contribution in [3.63, 3.8) is 0 Å². The van der Waals surface area contributed by atoms with E-state index in [9.17, 15) is 4.79 Å². The number of ether oxygens (including phenoxy) is 3. The van der Waals surface area contributed by atoms with Crippen molar-refractivity contribution in [3.05, 3.63) is 84.4 Å². The Morgan fingerprint density at radius 1 is 0.839 bits per heavy atom. The molecule has 0 atom stereocenters. The highest BCUT2D eigenvalue weighted by Crippen LogP contribution is 2.31. The number of unbranched alkanes of at least 4 members (excludes halogenated alkanes) is 1. The average Bonchev–Trinajstić information content (AvgIpc) is 2.80. The lowest BCUT2D eigenvalue weighted by atomic mass is 10.1. The molecular formula is C27H28O4. The molecule has 0 saturated heterocycles. The minimum absolute atomic E-state index is 0.440. The van der Waals surface area contributed by atoms with Crippen molar-refractivity contribution in [1.29, 1.82) is 0 Å². The van der Waals surface area contributed by atoms with E-state index in [1.54, 1.807) is 12.1 Å². The maximum Gasteiger partial charge on any atom is 0.336 e. The second kappa shape index (κ2) is 11.6. The van der Waals surface area contributed by atoms with E-state index in [2.05, 4.69) is 6.92 Å². The lowest BCUT2D eigenvalue weighted by molar-refractivity contribution is -0.128. The normalized spacial score (nSPS) is 10.8. The van der Waals surface area contributed by atoms with Crippen molar-refractivity contribution in [2.75, 3.05) is 13.2 Å². The van der Waals surface area contributed by atoms with Gasteiger partial charge in [-0.2, -0.15) is 0 Å². The number of hydrogen-bond donors (Lipinski definition) is 0. The number of hydrogen-bond acceptors (Lipinski definition) is 4. The minimum Gasteiger partial charge on any atom is -0.490 e. The lowest BCUT2D eigenvalue weighted by Crippen LogP contribution is -2.04. The zero-order valence-electron chi connectivity index (χ0n) is 18.0. The summed E-state index contributed by atoms with van der Waals surface area (Å²) in [5.41, 5.74) is 2.70. The molecule has 0 aliphatic rings. The molecule has 4 nitrogen and oxygen atoms in total. The standard InChI is InChI=1S/C27H28O4/c1-3-5-19-30-25-17-15-21(20-26(25)29-4-2)16-18-27(28)31-24-14-10-9-13-23(24)22-11-7-6-8-12-22/h6-18,20H,3-5,19H2,1-2H3/b18-16+. The number of rotatable bonds is 10. The number of carbonyl (C=O) groups is 1. The van der Waals surface area contributed by atoms with E-state index in [1.807, 2.05) is 73.7 Å². The van der Waals surface area contributed by atoms with Crippen LogP contribution in [0.2, 0.25) is 0 Å². The first-order valence-electron chi connectivity index (χ1n) is 10.6. The van der Waals surface area contributed by atoms with E-state index in [-0.39, 0.29) is 0 Å². The predicted octanol–water partition coefficient (Wildman–Crippen LogP) is 6.55. The lowest BCUT2D eigenvalue weighted by Gasteiger charge is -2.12. The van der Waals surface area contributed by atoms with Crippen LogP contribution in [0.15, 0.2) is 78.9 Å². The molecular weight excluding hydrogens is 388 g/mol. The largest absolute Gasteiger partial charge is 0.490 e. The fourth-order valence-corrected chi connectivity index (χ4v) is 3.06. The van der Waals surface area contributed by atoms with Gasteiger partial charge >= 0.3 is 5.97 Å². The molecule has 0 unspecified atom stereocenters. The summed E-state index contributed by atoms with van der Waals surface area (Å²) in [4.78, 5) is 12.5. The van der Waals surface area contributed by atoms with Gasteiger partial charge in [0, 0.05) is 11.6 Å². The average molecular weight is 417 g/mol. The predicted molar refractivity (Wildman–Crippen MR) is 125 cm³/mol. The summed E-state index contributed by atoms with van der Waals surface area (Å²) >= 11 is 0. The highest BCUT2D eigenvalue weighted by Gasteiger charge is 2.09. The smallest absolute Gasteiger partial charge is 0.336 e. The van der Waals surface area contributed by atoms with E-state index in [0.29, 0.717) is 30.5 Å². The molecule has 0 aromatic heterocycles. The van der Waals surface area contributed by atoms with Crippen molar-refractivity contribution >= 4 is 12.0 Å². The van der Waals surface area contributed by atoms with Crippen LogP contribution in [-0.2, 0) is 4.79 Å². The van der Waals surface area contributed by atoms with E-state index in [1.165, 1.54) is 6.08 Å². The van der Waals surface area contributed by atoms with Crippen LogP contribution in [0.3, 0.4) is 0 Å². The van der Waals surface area contributed by atoms with Crippen LogP contribution in [0.1, 0.15) is 32.3 Å². The molecule has 0 bridgehead atoms. The van der Waals surface area contributed by atoms with Crippen LogP contribution < -0.4 is 14.2 Å². The van der Waals surface area contributed by atoms with Crippen LogP contribution in [-0.4, -0.2) is 19.2 Å². The summed E-state index contributed by atoms with van der Waals surface area (Å²) in [7, 11) is 0. The topological polar surface area (TPSA) is 44.8 Å². The van der Waals surface area contributed by atoms with Gasteiger partial charge in [-0.1, -0.05) is 67.9 Å². The Balaban J connectivity index is 1.71. The molecule has 0 spiro atoms. The number of carbonyl (C=O) groups excluding carboxylic acids is 1. The second-order valence-corrected chi connectivity index (χ2v) is 6.96. The molecule has 0 saturated carbocycles. The summed E-state index contributed by atoms with van der Waals surface area (Å²) in [6, 6.07) is 23.0. The maximum absolute atomic E-state index is 12.5. The van der Waals surface area contributed by atoms with Crippen molar-refractivity contribution in [1.82, 2.24) is 0 Å². The van der Waals surface area contributed by atoms with Gasteiger partial charge in [0.05, 0.1) is 13.2 Å². The first-order chi connectivity index (χ1) is 15.2. The minimum atomic E-state index is -0.440. The molecule has 0 amide bonds. The number of para-hydroxylation sites is 1. The molecule has 0 aliphatic heterocycles. The third-order valence-electron chi connectivity index (χ3n) is 4.62. The van der Waals surface area contributed by atoms with Gasteiger partial charge < -0.3 is 14.2 Å². The molecule has 0 N–H and O–H groups in total. The summed E-state index contributed by atoms with van der Waals surface area (Å²) in [6.07, 6.45) is 5.19.